The summed E-state index contributed by atoms with van der Waals surface area (Å²) >= 11 is 0. The van der Waals surface area contributed by atoms with Gasteiger partial charge in [0.05, 0.1) is 11.4 Å². The zero-order valence-electron chi connectivity index (χ0n) is 20.6. The van der Waals surface area contributed by atoms with Crippen molar-refractivity contribution in [2.75, 3.05) is 18.0 Å². The van der Waals surface area contributed by atoms with Gasteiger partial charge in [0.1, 0.15) is 5.54 Å². The number of aryl methyl sites for hydroxylation is 1. The summed E-state index contributed by atoms with van der Waals surface area (Å²) in [6, 6.07) is 15.7. The van der Waals surface area contributed by atoms with Crippen LogP contribution in [0.5, 0.6) is 0 Å². The molecule has 8 heteroatoms. The highest BCUT2D eigenvalue weighted by molar-refractivity contribution is 7.89. The minimum atomic E-state index is -3.95. The van der Waals surface area contributed by atoms with Crippen molar-refractivity contribution < 1.29 is 18.0 Å². The molecule has 2 aliphatic rings. The first kappa shape index (κ1) is 25.4. The van der Waals surface area contributed by atoms with Gasteiger partial charge in [-0.15, -0.1) is 0 Å². The van der Waals surface area contributed by atoms with Gasteiger partial charge in [0, 0.05) is 18.3 Å². The molecule has 2 aromatic rings. The van der Waals surface area contributed by atoms with Gasteiger partial charge in [-0.05, 0) is 56.0 Å². The summed E-state index contributed by atoms with van der Waals surface area (Å²) in [5, 5.41) is 3.17. The van der Waals surface area contributed by atoms with E-state index in [2.05, 4.69) is 12.2 Å². The van der Waals surface area contributed by atoms with E-state index in [0.29, 0.717) is 5.69 Å². The molecule has 1 atom stereocenters. The lowest BCUT2D eigenvalue weighted by atomic mass is 9.93. The molecule has 35 heavy (non-hydrogen) atoms. The van der Waals surface area contributed by atoms with Crippen LogP contribution in [0.25, 0.3) is 0 Å². The molecular weight excluding hydrogens is 462 g/mol. The Morgan fingerprint density at radius 1 is 1.00 bits per heavy atom. The molecule has 0 aromatic heterocycles. The molecule has 0 bridgehead atoms. The van der Waals surface area contributed by atoms with E-state index in [4.69, 9.17) is 0 Å². The van der Waals surface area contributed by atoms with E-state index >= 15 is 0 Å². The number of hydrogen-bond donors (Lipinski definition) is 1. The first-order valence-corrected chi connectivity index (χ1v) is 14.0. The van der Waals surface area contributed by atoms with Gasteiger partial charge in [-0.3, -0.25) is 14.5 Å². The lowest BCUT2D eigenvalue weighted by molar-refractivity contribution is -0.133. The predicted molar refractivity (Wildman–Crippen MR) is 137 cm³/mol. The van der Waals surface area contributed by atoms with Gasteiger partial charge in [-0.1, -0.05) is 62.9 Å². The average molecular weight is 498 g/mol. The number of benzene rings is 2. The van der Waals surface area contributed by atoms with Crippen LogP contribution in [0.2, 0.25) is 0 Å². The van der Waals surface area contributed by atoms with Crippen molar-refractivity contribution in [3.63, 3.8) is 0 Å². The molecule has 4 rings (SSSR count). The third kappa shape index (κ3) is 5.28. The summed E-state index contributed by atoms with van der Waals surface area (Å²) in [7, 11) is -3.95. The summed E-state index contributed by atoms with van der Waals surface area (Å²) in [6.07, 6.45) is 7.06. The van der Waals surface area contributed by atoms with E-state index in [1.54, 1.807) is 25.1 Å². The zero-order valence-corrected chi connectivity index (χ0v) is 21.4. The van der Waals surface area contributed by atoms with E-state index < -0.39 is 21.5 Å². The van der Waals surface area contributed by atoms with Crippen LogP contribution in [0.4, 0.5) is 5.69 Å². The Balaban J connectivity index is 1.70. The fourth-order valence-corrected chi connectivity index (χ4v) is 6.63. The Morgan fingerprint density at radius 3 is 2.23 bits per heavy atom. The molecule has 1 N–H and O–H groups in total. The molecule has 2 fully saturated rings. The number of piperazine rings is 1. The molecule has 0 radical (unpaired) electrons. The quantitative estimate of drug-likeness (QED) is 0.614. The number of nitrogens with zero attached hydrogens (tertiary/aromatic N) is 2. The Bertz CT molecular complexity index is 1140. The van der Waals surface area contributed by atoms with Crippen molar-refractivity contribution >= 4 is 27.5 Å². The van der Waals surface area contributed by atoms with Crippen molar-refractivity contribution in [3.8, 4) is 0 Å². The highest BCUT2D eigenvalue weighted by Crippen LogP contribution is 2.33. The second-order valence-electron chi connectivity index (χ2n) is 9.77. The highest BCUT2D eigenvalue weighted by Gasteiger charge is 2.51. The molecule has 1 saturated carbocycles. The molecule has 0 spiro atoms. The van der Waals surface area contributed by atoms with Crippen LogP contribution >= 0.6 is 0 Å². The Hall–Kier alpha value is -2.71. The van der Waals surface area contributed by atoms with E-state index in [-0.39, 0.29) is 29.9 Å². The molecule has 1 heterocycles. The van der Waals surface area contributed by atoms with E-state index in [1.165, 1.54) is 17.0 Å². The maximum absolute atomic E-state index is 13.8. The number of carbonyl (C=O) groups excluding carboxylic acids is 2. The molecule has 1 saturated heterocycles. The Kier molecular flexibility index (Phi) is 7.62. The highest BCUT2D eigenvalue weighted by atomic mass is 32.2. The maximum Gasteiger partial charge on any atom is 0.247 e. The van der Waals surface area contributed by atoms with Crippen LogP contribution in [0.15, 0.2) is 59.5 Å². The van der Waals surface area contributed by atoms with Crippen LogP contribution in [0.3, 0.4) is 0 Å². The fraction of sp³-hybridized carbons (Fsp3) is 0.481. The van der Waals surface area contributed by atoms with Crippen molar-refractivity contribution in [1.29, 1.82) is 0 Å². The van der Waals surface area contributed by atoms with Gasteiger partial charge in [0.15, 0.2) is 0 Å². The number of rotatable bonds is 6. The van der Waals surface area contributed by atoms with Crippen molar-refractivity contribution in [2.45, 2.75) is 75.3 Å². The molecule has 2 amide bonds. The molecule has 2 aromatic carbocycles. The van der Waals surface area contributed by atoms with Crippen molar-refractivity contribution in [3.05, 3.63) is 60.2 Å². The smallest absolute Gasteiger partial charge is 0.247 e. The topological polar surface area (TPSA) is 86.8 Å². The molecule has 0 unspecified atom stereocenters. The second kappa shape index (κ2) is 10.5. The van der Waals surface area contributed by atoms with Crippen LogP contribution in [-0.2, 0) is 26.0 Å². The summed E-state index contributed by atoms with van der Waals surface area (Å²) in [5.74, 6) is -0.733. The molecular formula is C27H35N3O4S. The van der Waals surface area contributed by atoms with Crippen LogP contribution < -0.4 is 10.2 Å². The number of carbonyl (C=O) groups is 2. The van der Waals surface area contributed by atoms with Gasteiger partial charge in [-0.2, -0.15) is 4.31 Å². The number of nitrogens with one attached hydrogen (secondary N) is 1. The van der Waals surface area contributed by atoms with Crippen molar-refractivity contribution in [1.82, 2.24) is 9.62 Å². The SMILES string of the molecule is CCc1ccc(N2C(=O)CN(S(=O)(=O)c3ccccc3)C[C@@]2(C)C(=O)NC2CCCCCC2)cc1. The van der Waals surface area contributed by atoms with Crippen LogP contribution in [0, 0.1) is 0 Å². The third-order valence-corrected chi connectivity index (χ3v) is 9.01. The monoisotopic (exact) mass is 497 g/mol. The molecule has 188 valence electrons. The number of anilines is 1. The van der Waals surface area contributed by atoms with Gasteiger partial charge < -0.3 is 5.32 Å². The van der Waals surface area contributed by atoms with Gasteiger partial charge >= 0.3 is 0 Å². The summed E-state index contributed by atoms with van der Waals surface area (Å²) in [6.45, 7) is 3.29. The lowest BCUT2D eigenvalue weighted by Gasteiger charge is -2.47. The minimum absolute atomic E-state index is 0.0300. The van der Waals surface area contributed by atoms with Crippen LogP contribution in [-0.4, -0.2) is 49.2 Å². The largest absolute Gasteiger partial charge is 0.351 e. The molecule has 1 aliphatic carbocycles. The second-order valence-corrected chi connectivity index (χ2v) is 11.7. The zero-order chi connectivity index (χ0) is 25.1. The predicted octanol–water partition coefficient (Wildman–Crippen LogP) is 3.88. The summed E-state index contributed by atoms with van der Waals surface area (Å²) in [4.78, 5) is 29.0. The lowest BCUT2D eigenvalue weighted by Crippen LogP contribution is -2.70. The number of sulfonamides is 1. The van der Waals surface area contributed by atoms with Gasteiger partial charge in [0.2, 0.25) is 21.8 Å². The van der Waals surface area contributed by atoms with Crippen molar-refractivity contribution in [2.24, 2.45) is 0 Å². The first-order chi connectivity index (χ1) is 16.8. The minimum Gasteiger partial charge on any atom is -0.351 e. The van der Waals surface area contributed by atoms with Gasteiger partial charge in [0.25, 0.3) is 0 Å². The Labute approximate surface area is 208 Å². The normalized spacial score (nSPS) is 22.6. The van der Waals surface area contributed by atoms with E-state index in [0.717, 1.165) is 54.8 Å². The first-order valence-electron chi connectivity index (χ1n) is 12.5. The third-order valence-electron chi connectivity index (χ3n) is 7.20. The van der Waals surface area contributed by atoms with E-state index in [1.807, 2.05) is 24.3 Å². The van der Waals surface area contributed by atoms with Crippen LogP contribution in [0.1, 0.15) is 57.9 Å². The van der Waals surface area contributed by atoms with Gasteiger partial charge in [-0.25, -0.2) is 8.42 Å². The Morgan fingerprint density at radius 2 is 1.63 bits per heavy atom. The molecule has 1 aliphatic heterocycles. The summed E-state index contributed by atoms with van der Waals surface area (Å²) in [5.41, 5.74) is 0.329. The fourth-order valence-electron chi connectivity index (χ4n) is 5.13. The summed E-state index contributed by atoms with van der Waals surface area (Å²) < 4.78 is 28.0. The number of amides is 2. The average Bonchev–Trinajstić information content (AvgIpc) is 3.13. The maximum atomic E-state index is 13.8. The number of hydrogen-bond acceptors (Lipinski definition) is 4. The van der Waals surface area contributed by atoms with E-state index in [9.17, 15) is 18.0 Å². The molecule has 7 nitrogen and oxygen atoms in total. The standard InChI is InChI=1S/C27H35N3O4S/c1-3-21-15-17-23(18-16-21)30-25(31)19-29(35(33,34)24-13-9-6-10-14-24)20-27(30,2)26(32)28-22-11-7-4-5-8-12-22/h6,9-10,13-18,22H,3-5,7-8,11-12,19-20H2,1-2H3,(H,28,32)/t27-/m0/s1.